The van der Waals surface area contributed by atoms with Crippen LogP contribution in [-0.2, 0) is 0 Å². The van der Waals surface area contributed by atoms with Crippen LogP contribution in [0.3, 0.4) is 0 Å². The highest BCUT2D eigenvalue weighted by molar-refractivity contribution is 7.80. The van der Waals surface area contributed by atoms with Crippen LogP contribution >= 0.6 is 12.2 Å². The summed E-state index contributed by atoms with van der Waals surface area (Å²) in [6.07, 6.45) is 4.02. The number of benzene rings is 2. The number of nitrogens with zero attached hydrogens (tertiary/aromatic N) is 3. The first-order valence-electron chi connectivity index (χ1n) is 12.2. The van der Waals surface area contributed by atoms with Crippen LogP contribution in [0.15, 0.2) is 91.3 Å². The Morgan fingerprint density at radius 3 is 2.31 bits per heavy atom. The van der Waals surface area contributed by atoms with E-state index in [2.05, 4.69) is 62.4 Å². The first-order valence-corrected chi connectivity index (χ1v) is 12.6. The Hall–Kier alpha value is -3.84. The minimum absolute atomic E-state index is 0.115. The quantitative estimate of drug-likeness (QED) is 0.291. The number of ether oxygens (including phenoxy) is 2. The molecule has 2 unspecified atom stereocenters. The molecule has 0 aliphatic carbocycles. The number of pyridine rings is 1. The average molecular weight is 499 g/mol. The van der Waals surface area contributed by atoms with Crippen molar-refractivity contribution in [2.45, 2.75) is 39.0 Å². The molecule has 7 heteroatoms. The summed E-state index contributed by atoms with van der Waals surface area (Å²) < 4.78 is 13.7. The van der Waals surface area contributed by atoms with E-state index in [1.807, 2.05) is 69.4 Å². The third-order valence-corrected chi connectivity index (χ3v) is 6.41. The molecule has 4 aromatic rings. The highest BCUT2D eigenvalue weighted by Gasteiger charge is 2.42. The summed E-state index contributed by atoms with van der Waals surface area (Å²) in [5, 5.41) is 4.20. The van der Waals surface area contributed by atoms with Gasteiger partial charge >= 0.3 is 0 Å². The van der Waals surface area contributed by atoms with Gasteiger partial charge in [0, 0.05) is 29.5 Å². The fourth-order valence-electron chi connectivity index (χ4n) is 4.63. The summed E-state index contributed by atoms with van der Waals surface area (Å²) in [7, 11) is 0. The molecule has 5 rings (SSSR count). The van der Waals surface area contributed by atoms with E-state index in [1.165, 1.54) is 0 Å². The first-order chi connectivity index (χ1) is 17.5. The zero-order chi connectivity index (χ0) is 25.1. The molecule has 0 saturated carbocycles. The zero-order valence-electron chi connectivity index (χ0n) is 20.7. The topological polar surface area (TPSA) is 51.5 Å². The number of hydrogen-bond donors (Lipinski definition) is 1. The average Bonchev–Trinajstić information content (AvgIpc) is 3.50. The second kappa shape index (κ2) is 10.4. The zero-order valence-corrected chi connectivity index (χ0v) is 21.5. The second-order valence-corrected chi connectivity index (χ2v) is 9.27. The van der Waals surface area contributed by atoms with Crippen LogP contribution in [0.4, 0.5) is 5.69 Å². The van der Waals surface area contributed by atoms with Crippen molar-refractivity contribution in [2.75, 3.05) is 11.5 Å². The third kappa shape index (κ3) is 4.79. The van der Waals surface area contributed by atoms with Crippen molar-refractivity contribution >= 4 is 23.0 Å². The smallest absolute Gasteiger partial charge is 0.174 e. The number of nitrogens with one attached hydrogen (secondary N) is 1. The lowest BCUT2D eigenvalue weighted by Crippen LogP contribution is -2.30. The summed E-state index contributed by atoms with van der Waals surface area (Å²) in [5.41, 5.74) is 4.08. The van der Waals surface area contributed by atoms with E-state index in [-0.39, 0.29) is 18.2 Å². The van der Waals surface area contributed by atoms with Gasteiger partial charge in [0.05, 0.1) is 24.4 Å². The monoisotopic (exact) mass is 498 g/mol. The molecule has 1 aliphatic heterocycles. The van der Waals surface area contributed by atoms with Crippen molar-refractivity contribution in [1.29, 1.82) is 0 Å². The largest absolute Gasteiger partial charge is 0.494 e. The van der Waals surface area contributed by atoms with E-state index in [1.54, 1.807) is 0 Å². The summed E-state index contributed by atoms with van der Waals surface area (Å²) in [6, 6.07) is 26.2. The van der Waals surface area contributed by atoms with Crippen molar-refractivity contribution in [2.24, 2.45) is 0 Å². The molecule has 0 amide bonds. The Morgan fingerprint density at radius 1 is 0.917 bits per heavy atom. The second-order valence-electron chi connectivity index (χ2n) is 8.89. The minimum Gasteiger partial charge on any atom is -0.494 e. The van der Waals surface area contributed by atoms with Crippen molar-refractivity contribution in [3.8, 4) is 17.2 Å². The number of thiocarbonyl (C=S) groups is 1. The molecular formula is C29H30N4O2S. The number of hydrogen-bond acceptors (Lipinski definition) is 4. The van der Waals surface area contributed by atoms with Crippen LogP contribution in [0.1, 0.15) is 44.2 Å². The van der Waals surface area contributed by atoms with Gasteiger partial charge in [-0.15, -0.1) is 0 Å². The predicted molar refractivity (Wildman–Crippen MR) is 147 cm³/mol. The highest BCUT2D eigenvalue weighted by Crippen LogP contribution is 2.42. The molecule has 2 aromatic carbocycles. The van der Waals surface area contributed by atoms with Crippen LogP contribution < -0.4 is 19.7 Å². The lowest BCUT2D eigenvalue weighted by atomic mass is 10.0. The van der Waals surface area contributed by atoms with Gasteiger partial charge in [-0.25, -0.2) is 0 Å². The van der Waals surface area contributed by atoms with E-state index in [4.69, 9.17) is 21.7 Å². The lowest BCUT2D eigenvalue weighted by Gasteiger charge is -2.29. The van der Waals surface area contributed by atoms with E-state index in [0.717, 1.165) is 34.3 Å². The lowest BCUT2D eigenvalue weighted by molar-refractivity contribution is 0.242. The predicted octanol–water partition coefficient (Wildman–Crippen LogP) is 6.24. The summed E-state index contributed by atoms with van der Waals surface area (Å²) in [4.78, 5) is 6.84. The van der Waals surface area contributed by atoms with Gasteiger partial charge in [-0.2, -0.15) is 0 Å². The molecule has 1 saturated heterocycles. The van der Waals surface area contributed by atoms with E-state index < -0.39 is 0 Å². The summed E-state index contributed by atoms with van der Waals surface area (Å²) in [6.45, 7) is 6.68. The van der Waals surface area contributed by atoms with E-state index in [9.17, 15) is 0 Å². The van der Waals surface area contributed by atoms with Gasteiger partial charge in [0.1, 0.15) is 17.5 Å². The fourth-order valence-corrected chi connectivity index (χ4v) is 4.98. The van der Waals surface area contributed by atoms with Crippen LogP contribution in [0.5, 0.6) is 11.5 Å². The van der Waals surface area contributed by atoms with E-state index in [0.29, 0.717) is 11.7 Å². The summed E-state index contributed by atoms with van der Waals surface area (Å²) in [5.74, 6) is 1.69. The molecule has 1 aliphatic rings. The number of rotatable bonds is 8. The first kappa shape index (κ1) is 23.9. The highest BCUT2D eigenvalue weighted by atomic mass is 32.1. The molecule has 1 N–H and O–H groups in total. The number of anilines is 1. The van der Waals surface area contributed by atoms with Crippen molar-refractivity contribution in [1.82, 2.24) is 14.9 Å². The molecule has 0 radical (unpaired) electrons. The number of aromatic nitrogens is 2. The van der Waals surface area contributed by atoms with Crippen LogP contribution in [0.25, 0.3) is 5.69 Å². The van der Waals surface area contributed by atoms with Crippen molar-refractivity contribution < 1.29 is 9.47 Å². The Bertz CT molecular complexity index is 1300. The molecule has 6 nitrogen and oxygen atoms in total. The molecular weight excluding hydrogens is 468 g/mol. The maximum atomic E-state index is 5.89. The molecule has 2 aromatic heterocycles. The van der Waals surface area contributed by atoms with Crippen LogP contribution in [-0.4, -0.2) is 27.4 Å². The van der Waals surface area contributed by atoms with Gasteiger partial charge in [-0.1, -0.05) is 6.07 Å². The van der Waals surface area contributed by atoms with E-state index >= 15 is 0 Å². The van der Waals surface area contributed by atoms with Gasteiger partial charge in [-0.05, 0) is 106 Å². The van der Waals surface area contributed by atoms with Gasteiger partial charge in [0.25, 0.3) is 0 Å². The fraction of sp³-hybridized carbons (Fsp3) is 0.241. The Morgan fingerprint density at radius 2 is 1.64 bits per heavy atom. The maximum Gasteiger partial charge on any atom is 0.174 e. The van der Waals surface area contributed by atoms with Gasteiger partial charge in [-0.3, -0.25) is 4.98 Å². The Kier molecular flexibility index (Phi) is 6.91. The van der Waals surface area contributed by atoms with Gasteiger partial charge in [0.2, 0.25) is 0 Å². The van der Waals surface area contributed by atoms with Gasteiger partial charge < -0.3 is 24.3 Å². The third-order valence-electron chi connectivity index (χ3n) is 6.09. The van der Waals surface area contributed by atoms with Crippen LogP contribution in [0, 0.1) is 0 Å². The SMILES string of the molecule is CCOc1ccc(-n2cccc2C2C(c3ccccn3)NC(=S)N2c2ccc(OC(C)C)cc2)cc1. The Balaban J connectivity index is 1.57. The maximum absolute atomic E-state index is 5.89. The minimum atomic E-state index is -0.123. The van der Waals surface area contributed by atoms with Crippen molar-refractivity contribution in [3.63, 3.8) is 0 Å². The summed E-state index contributed by atoms with van der Waals surface area (Å²) >= 11 is 5.89. The molecule has 1 fully saturated rings. The van der Waals surface area contributed by atoms with Crippen molar-refractivity contribution in [3.05, 3.63) is 103 Å². The molecule has 3 heterocycles. The normalized spacial score (nSPS) is 17.3. The molecule has 36 heavy (non-hydrogen) atoms. The molecule has 0 bridgehead atoms. The molecule has 0 spiro atoms. The molecule has 2 atom stereocenters. The van der Waals surface area contributed by atoms with Crippen LogP contribution in [0.2, 0.25) is 0 Å². The standard InChI is InChI=1S/C29H30N4O2S/c1-4-34-23-14-10-21(11-15-23)32-19-7-9-26(32)28-27(25-8-5-6-18-30-25)31-29(36)33(28)22-12-16-24(17-13-22)35-20(2)3/h5-20,27-28H,4H2,1-3H3,(H,31,36). The van der Waals surface area contributed by atoms with Gasteiger partial charge in [0.15, 0.2) is 5.11 Å². The Labute approximate surface area is 217 Å². The molecule has 184 valence electrons.